The number of rotatable bonds is 6. The Kier molecular flexibility index (Phi) is 4.78. The van der Waals surface area contributed by atoms with E-state index in [4.69, 9.17) is 0 Å². The van der Waals surface area contributed by atoms with Crippen LogP contribution in [0.4, 0.5) is 0 Å². The fraction of sp³-hybridized carbons (Fsp3) is 0.375. The van der Waals surface area contributed by atoms with Crippen molar-refractivity contribution >= 4 is 20.6 Å². The monoisotopic (exact) mass is 291 g/mol. The summed E-state index contributed by atoms with van der Waals surface area (Å²) in [4.78, 5) is 0.410. The first-order chi connectivity index (χ1) is 9.56. The molecule has 0 aliphatic carbocycles. The molecule has 2 aromatic carbocycles. The lowest BCUT2D eigenvalue weighted by atomic mass is 10.1. The molecule has 0 aliphatic heterocycles. The first-order valence-corrected chi connectivity index (χ1v) is 8.61. The van der Waals surface area contributed by atoms with Crippen LogP contribution in [0.2, 0.25) is 0 Å². The van der Waals surface area contributed by atoms with Gasteiger partial charge in [-0.2, -0.15) is 0 Å². The van der Waals surface area contributed by atoms with Crippen LogP contribution in [0.3, 0.4) is 0 Å². The van der Waals surface area contributed by atoms with Gasteiger partial charge in [-0.15, -0.1) is 0 Å². The van der Waals surface area contributed by atoms with Crippen LogP contribution in [-0.4, -0.2) is 27.3 Å². The summed E-state index contributed by atoms with van der Waals surface area (Å²) < 4.78 is 25.0. The Balaban J connectivity index is 2.31. The summed E-state index contributed by atoms with van der Waals surface area (Å²) in [5.74, 6) is 0.148. The zero-order valence-corrected chi connectivity index (χ0v) is 12.8. The van der Waals surface area contributed by atoms with Crippen LogP contribution in [-0.2, 0) is 9.84 Å². The van der Waals surface area contributed by atoms with Gasteiger partial charge in [-0.25, -0.2) is 8.42 Å². The van der Waals surface area contributed by atoms with Gasteiger partial charge in [0.2, 0.25) is 0 Å². The second-order valence-electron chi connectivity index (χ2n) is 5.06. The van der Waals surface area contributed by atoms with E-state index >= 15 is 0 Å². The van der Waals surface area contributed by atoms with Crippen LogP contribution in [0.25, 0.3) is 10.8 Å². The lowest BCUT2D eigenvalue weighted by molar-refractivity contribution is 0.536. The molecule has 20 heavy (non-hydrogen) atoms. The lowest BCUT2D eigenvalue weighted by Crippen LogP contribution is -2.32. The molecule has 0 radical (unpaired) electrons. The van der Waals surface area contributed by atoms with Crippen molar-refractivity contribution in [2.24, 2.45) is 0 Å². The Bertz CT molecular complexity index is 680. The Hall–Kier alpha value is -1.39. The molecule has 3 nitrogen and oxygen atoms in total. The summed E-state index contributed by atoms with van der Waals surface area (Å²) in [6, 6.07) is 13.2. The molecule has 0 aliphatic rings. The van der Waals surface area contributed by atoms with Gasteiger partial charge in [0.1, 0.15) is 0 Å². The van der Waals surface area contributed by atoms with Crippen molar-refractivity contribution in [3.05, 3.63) is 42.5 Å². The largest absolute Gasteiger partial charge is 0.316 e. The van der Waals surface area contributed by atoms with Crippen molar-refractivity contribution in [3.8, 4) is 0 Å². The summed E-state index contributed by atoms with van der Waals surface area (Å²) >= 11 is 0. The van der Waals surface area contributed by atoms with E-state index in [0.29, 0.717) is 4.90 Å². The van der Waals surface area contributed by atoms with E-state index in [0.717, 1.165) is 23.6 Å². The molecular weight excluding hydrogens is 270 g/mol. The molecule has 1 N–H and O–H groups in total. The summed E-state index contributed by atoms with van der Waals surface area (Å²) in [5.41, 5.74) is 0. The van der Waals surface area contributed by atoms with Crippen molar-refractivity contribution in [2.45, 2.75) is 30.7 Å². The van der Waals surface area contributed by atoms with Crippen molar-refractivity contribution in [2.75, 3.05) is 12.8 Å². The van der Waals surface area contributed by atoms with Crippen molar-refractivity contribution in [1.82, 2.24) is 5.32 Å². The molecule has 2 rings (SSSR count). The Morgan fingerprint density at radius 3 is 2.45 bits per heavy atom. The highest BCUT2D eigenvalue weighted by Gasteiger charge is 2.20. The first kappa shape index (κ1) is 15.0. The van der Waals surface area contributed by atoms with Gasteiger partial charge < -0.3 is 5.32 Å². The van der Waals surface area contributed by atoms with Gasteiger partial charge in [0.05, 0.1) is 10.6 Å². The topological polar surface area (TPSA) is 46.2 Å². The summed E-state index contributed by atoms with van der Waals surface area (Å²) in [6.07, 6.45) is 1.84. The molecule has 0 spiro atoms. The second kappa shape index (κ2) is 6.37. The highest BCUT2D eigenvalue weighted by atomic mass is 32.2. The molecule has 1 atom stereocenters. The number of nitrogens with one attached hydrogen (secondary N) is 1. The fourth-order valence-electron chi connectivity index (χ4n) is 2.38. The van der Waals surface area contributed by atoms with Gasteiger partial charge in [-0.05, 0) is 36.4 Å². The van der Waals surface area contributed by atoms with Gasteiger partial charge in [0.15, 0.2) is 9.84 Å². The van der Waals surface area contributed by atoms with Crippen molar-refractivity contribution in [3.63, 3.8) is 0 Å². The number of benzene rings is 2. The van der Waals surface area contributed by atoms with Crippen LogP contribution in [0.5, 0.6) is 0 Å². The van der Waals surface area contributed by atoms with Crippen molar-refractivity contribution < 1.29 is 8.42 Å². The highest BCUT2D eigenvalue weighted by Crippen LogP contribution is 2.20. The number of hydrogen-bond acceptors (Lipinski definition) is 3. The van der Waals surface area contributed by atoms with Crippen molar-refractivity contribution in [1.29, 1.82) is 0 Å². The molecular formula is C16H21NO2S. The van der Waals surface area contributed by atoms with Gasteiger partial charge in [-0.3, -0.25) is 0 Å². The Labute approximate surface area is 120 Å². The third kappa shape index (κ3) is 3.38. The maximum Gasteiger partial charge on any atom is 0.179 e. The Morgan fingerprint density at radius 2 is 1.80 bits per heavy atom. The maximum absolute atomic E-state index is 12.5. The van der Waals surface area contributed by atoms with Gasteiger partial charge in [0.25, 0.3) is 0 Å². The minimum Gasteiger partial charge on any atom is -0.316 e. The predicted molar refractivity (Wildman–Crippen MR) is 83.8 cm³/mol. The summed E-state index contributed by atoms with van der Waals surface area (Å²) in [7, 11) is -1.43. The maximum atomic E-state index is 12.5. The smallest absolute Gasteiger partial charge is 0.179 e. The zero-order valence-electron chi connectivity index (χ0n) is 12.0. The number of fused-ring (bicyclic) bond motifs is 1. The SMILES string of the molecule is CCCC(CS(=O)(=O)c1ccc2ccccc2c1)NC. The minimum absolute atomic E-state index is 0.0106. The fourth-order valence-corrected chi connectivity index (χ4v) is 4.02. The van der Waals surface area contributed by atoms with Gasteiger partial charge in [0, 0.05) is 6.04 Å². The van der Waals surface area contributed by atoms with Crippen LogP contribution >= 0.6 is 0 Å². The van der Waals surface area contributed by atoms with E-state index in [1.54, 1.807) is 12.1 Å². The third-order valence-corrected chi connectivity index (χ3v) is 5.36. The van der Waals surface area contributed by atoms with E-state index in [2.05, 4.69) is 12.2 Å². The molecule has 0 saturated carbocycles. The third-order valence-electron chi connectivity index (χ3n) is 3.55. The Morgan fingerprint density at radius 1 is 1.10 bits per heavy atom. The zero-order chi connectivity index (χ0) is 14.6. The molecule has 2 aromatic rings. The summed E-state index contributed by atoms with van der Waals surface area (Å²) in [5, 5.41) is 5.11. The van der Waals surface area contributed by atoms with Crippen LogP contribution < -0.4 is 5.32 Å². The number of hydrogen-bond donors (Lipinski definition) is 1. The molecule has 0 saturated heterocycles. The first-order valence-electron chi connectivity index (χ1n) is 6.95. The van der Waals surface area contributed by atoms with Crippen LogP contribution in [0, 0.1) is 0 Å². The van der Waals surface area contributed by atoms with E-state index in [9.17, 15) is 8.42 Å². The predicted octanol–water partition coefficient (Wildman–Crippen LogP) is 3.00. The summed E-state index contributed by atoms with van der Waals surface area (Å²) in [6.45, 7) is 2.06. The molecule has 0 aromatic heterocycles. The molecule has 4 heteroatoms. The number of sulfone groups is 1. The average molecular weight is 291 g/mol. The molecule has 0 amide bonds. The van der Waals surface area contributed by atoms with E-state index < -0.39 is 9.84 Å². The lowest BCUT2D eigenvalue weighted by Gasteiger charge is -2.15. The van der Waals surface area contributed by atoms with Crippen LogP contribution in [0.1, 0.15) is 19.8 Å². The quantitative estimate of drug-likeness (QED) is 0.890. The highest BCUT2D eigenvalue weighted by molar-refractivity contribution is 7.91. The molecule has 0 bridgehead atoms. The average Bonchev–Trinajstić information content (AvgIpc) is 2.46. The standard InChI is InChI=1S/C16H21NO2S/c1-3-6-15(17-2)12-20(18,19)16-10-9-13-7-4-5-8-14(13)11-16/h4-5,7-11,15,17H,3,6,12H2,1-2H3. The van der Waals surface area contributed by atoms with Gasteiger partial charge >= 0.3 is 0 Å². The molecule has 1 unspecified atom stereocenters. The minimum atomic E-state index is -3.25. The normalized spacial score (nSPS) is 13.5. The van der Waals surface area contributed by atoms with E-state index in [1.807, 2.05) is 37.4 Å². The molecule has 0 fully saturated rings. The van der Waals surface area contributed by atoms with E-state index in [-0.39, 0.29) is 11.8 Å². The molecule has 0 heterocycles. The van der Waals surface area contributed by atoms with E-state index in [1.165, 1.54) is 0 Å². The van der Waals surface area contributed by atoms with Crippen LogP contribution in [0.15, 0.2) is 47.4 Å². The molecule has 108 valence electrons. The second-order valence-corrected chi connectivity index (χ2v) is 7.10. The van der Waals surface area contributed by atoms with Gasteiger partial charge in [-0.1, -0.05) is 43.7 Å².